The van der Waals surface area contributed by atoms with Crippen LogP contribution in [0.25, 0.3) is 0 Å². The molecular weight excluding hydrogens is 492 g/mol. The van der Waals surface area contributed by atoms with E-state index in [9.17, 15) is 34.2 Å². The molecule has 0 radical (unpaired) electrons. The van der Waals surface area contributed by atoms with Crippen molar-refractivity contribution in [2.75, 3.05) is 13.1 Å². The lowest BCUT2D eigenvalue weighted by Gasteiger charge is -2.35. The fraction of sp³-hybridized carbons (Fsp3) is 0.542. The zero-order valence-electron chi connectivity index (χ0n) is 19.6. The van der Waals surface area contributed by atoms with E-state index >= 15 is 0 Å². The molecule has 1 fully saturated rings. The van der Waals surface area contributed by atoms with E-state index in [4.69, 9.17) is 22.6 Å². The predicted molar refractivity (Wildman–Crippen MR) is 129 cm³/mol. The number of hydrogen-bond donors (Lipinski definition) is 4. The summed E-state index contributed by atoms with van der Waals surface area (Å²) in [4.78, 5) is 62.7. The van der Waals surface area contributed by atoms with Gasteiger partial charge in [0.1, 0.15) is 5.78 Å². The quantitative estimate of drug-likeness (QED) is 0.203. The van der Waals surface area contributed by atoms with Gasteiger partial charge in [-0.3, -0.25) is 14.4 Å². The first-order valence-electron chi connectivity index (χ1n) is 11.8. The molecule has 3 rings (SSSR count). The van der Waals surface area contributed by atoms with Crippen molar-refractivity contribution in [2.24, 2.45) is 17.8 Å². The first kappa shape index (κ1) is 27.4. The summed E-state index contributed by atoms with van der Waals surface area (Å²) >= 11 is 5.99. The van der Waals surface area contributed by atoms with Gasteiger partial charge in [-0.2, -0.15) is 0 Å². The van der Waals surface area contributed by atoms with E-state index in [1.54, 1.807) is 12.2 Å². The summed E-state index contributed by atoms with van der Waals surface area (Å²) in [6.07, 6.45) is 4.22. The molecule has 2 amide bonds. The Morgan fingerprint density at radius 3 is 2.36 bits per heavy atom. The van der Waals surface area contributed by atoms with Crippen molar-refractivity contribution < 1.29 is 34.2 Å². The molecule has 4 unspecified atom stereocenters. The van der Waals surface area contributed by atoms with Crippen LogP contribution in [-0.2, 0) is 19.2 Å². The van der Waals surface area contributed by atoms with Gasteiger partial charge in [-0.25, -0.2) is 18.9 Å². The molecule has 1 heterocycles. The number of halogens is 1. The molecule has 0 aromatic heterocycles. The smallest absolute Gasteiger partial charge is 0.414 e. The van der Waals surface area contributed by atoms with Crippen LogP contribution in [-0.4, -0.2) is 79.6 Å². The number of aliphatic carboxylic acids is 1. The van der Waals surface area contributed by atoms with Crippen LogP contribution in [0.1, 0.15) is 44.9 Å². The molecule has 0 aromatic rings. The third-order valence-electron chi connectivity index (χ3n) is 7.01. The molecule has 1 aliphatic heterocycles. The van der Waals surface area contributed by atoms with Crippen LogP contribution in [0.4, 0.5) is 4.79 Å². The maximum Gasteiger partial charge on any atom is 0.414 e. The summed E-state index contributed by atoms with van der Waals surface area (Å²) in [5, 5.41) is 35.3. The van der Waals surface area contributed by atoms with Crippen molar-refractivity contribution in [1.29, 1.82) is 10.8 Å². The summed E-state index contributed by atoms with van der Waals surface area (Å²) in [6, 6.07) is -0.971. The number of hydrogen-bond acceptors (Lipinski definition) is 8. The van der Waals surface area contributed by atoms with Crippen molar-refractivity contribution >= 4 is 52.7 Å². The molecule has 36 heavy (non-hydrogen) atoms. The highest BCUT2D eigenvalue weighted by Gasteiger charge is 2.42. The Morgan fingerprint density at radius 1 is 1.06 bits per heavy atom. The number of nitrogens with zero attached hydrogens (tertiary/aromatic N) is 2. The number of rotatable bonds is 9. The molecule has 0 spiro atoms. The SMILES string of the molecule is N=C(CC(=O)N(C(=O)O)C1CC=CCC1C(=O)C1CCN(Cl)C1)C(=O)C(=N)C1CCC=C(C(=O)O)C1. The van der Waals surface area contributed by atoms with Crippen molar-refractivity contribution in [3.63, 3.8) is 0 Å². The minimum absolute atomic E-state index is 0.0263. The number of carbonyl (C=O) groups excluding carboxylic acids is 3. The minimum atomic E-state index is -1.58. The van der Waals surface area contributed by atoms with Gasteiger partial charge in [-0.1, -0.05) is 18.2 Å². The number of carboxylic acids is 1. The second kappa shape index (κ2) is 11.7. The molecule has 1 saturated heterocycles. The van der Waals surface area contributed by atoms with Crippen LogP contribution >= 0.6 is 11.8 Å². The predicted octanol–water partition coefficient (Wildman–Crippen LogP) is 2.68. The summed E-state index contributed by atoms with van der Waals surface area (Å²) in [6.45, 7) is 0.873. The van der Waals surface area contributed by atoms with Crippen LogP contribution in [0.15, 0.2) is 23.8 Å². The molecule has 0 aromatic carbocycles. The molecule has 0 bridgehead atoms. The van der Waals surface area contributed by atoms with Crippen molar-refractivity contribution in [2.45, 2.75) is 51.0 Å². The largest absolute Gasteiger partial charge is 0.478 e. The Hall–Kier alpha value is -3.18. The summed E-state index contributed by atoms with van der Waals surface area (Å²) in [7, 11) is 0. The maximum absolute atomic E-state index is 13.2. The lowest BCUT2D eigenvalue weighted by Crippen LogP contribution is -2.51. The molecule has 11 nitrogen and oxygen atoms in total. The van der Waals surface area contributed by atoms with Gasteiger partial charge in [0.15, 0.2) is 0 Å². The molecule has 4 N–H and O–H groups in total. The number of allylic oxidation sites excluding steroid dienone is 2. The number of ketones is 2. The van der Waals surface area contributed by atoms with E-state index in [1.807, 2.05) is 0 Å². The zero-order valence-corrected chi connectivity index (χ0v) is 20.4. The number of imide groups is 1. The number of Topliss-reactive ketones (excluding diaryl/α,β-unsaturated/α-hetero) is 2. The van der Waals surface area contributed by atoms with Crippen LogP contribution < -0.4 is 0 Å². The number of carboxylic acid groups (broad SMARTS) is 2. The summed E-state index contributed by atoms with van der Waals surface area (Å²) in [5.41, 5.74) is -1.13. The Labute approximate surface area is 212 Å². The van der Waals surface area contributed by atoms with Gasteiger partial charge in [0, 0.05) is 36.4 Å². The molecule has 0 saturated carbocycles. The van der Waals surface area contributed by atoms with Gasteiger partial charge in [0.25, 0.3) is 0 Å². The Balaban J connectivity index is 1.70. The van der Waals surface area contributed by atoms with E-state index in [0.29, 0.717) is 37.3 Å². The third kappa shape index (κ3) is 6.14. The van der Waals surface area contributed by atoms with Crippen LogP contribution in [0.5, 0.6) is 0 Å². The number of amides is 2. The van der Waals surface area contributed by atoms with Crippen molar-refractivity contribution in [1.82, 2.24) is 9.32 Å². The van der Waals surface area contributed by atoms with E-state index in [0.717, 1.165) is 0 Å². The van der Waals surface area contributed by atoms with E-state index in [1.165, 1.54) is 10.5 Å². The van der Waals surface area contributed by atoms with Gasteiger partial charge in [-0.05, 0) is 50.3 Å². The molecule has 12 heteroatoms. The monoisotopic (exact) mass is 520 g/mol. The molecule has 3 aliphatic rings. The summed E-state index contributed by atoms with van der Waals surface area (Å²) in [5.74, 6) is -5.16. The first-order chi connectivity index (χ1) is 17.0. The number of nitrogens with one attached hydrogen (secondary N) is 2. The highest BCUT2D eigenvalue weighted by Crippen LogP contribution is 2.32. The zero-order chi connectivity index (χ0) is 26.6. The highest BCUT2D eigenvalue weighted by atomic mass is 35.5. The Bertz CT molecular complexity index is 1050. The lowest BCUT2D eigenvalue weighted by molar-refractivity contribution is -0.135. The molecule has 2 aliphatic carbocycles. The van der Waals surface area contributed by atoms with Crippen LogP contribution in [0.2, 0.25) is 0 Å². The van der Waals surface area contributed by atoms with Gasteiger partial charge < -0.3 is 21.0 Å². The summed E-state index contributed by atoms with van der Waals surface area (Å²) < 4.78 is 1.50. The van der Waals surface area contributed by atoms with Gasteiger partial charge in [0.2, 0.25) is 11.7 Å². The topological polar surface area (TPSA) is 180 Å². The molecule has 194 valence electrons. The van der Waals surface area contributed by atoms with Gasteiger partial charge in [0.05, 0.1) is 23.9 Å². The van der Waals surface area contributed by atoms with Crippen molar-refractivity contribution in [3.05, 3.63) is 23.8 Å². The molecule has 4 atom stereocenters. The second-order valence-corrected chi connectivity index (χ2v) is 9.81. The van der Waals surface area contributed by atoms with E-state index in [2.05, 4.69) is 0 Å². The second-order valence-electron chi connectivity index (χ2n) is 9.33. The van der Waals surface area contributed by atoms with Gasteiger partial charge in [-0.15, -0.1) is 0 Å². The fourth-order valence-corrected chi connectivity index (χ4v) is 5.34. The average Bonchev–Trinajstić information content (AvgIpc) is 3.29. The highest BCUT2D eigenvalue weighted by molar-refractivity contribution is 6.66. The normalized spacial score (nSPS) is 26.1. The third-order valence-corrected chi connectivity index (χ3v) is 7.32. The average molecular weight is 521 g/mol. The first-order valence-corrected chi connectivity index (χ1v) is 12.1. The maximum atomic E-state index is 13.2. The minimum Gasteiger partial charge on any atom is -0.478 e. The van der Waals surface area contributed by atoms with E-state index < -0.39 is 59.5 Å². The Morgan fingerprint density at radius 2 is 1.75 bits per heavy atom. The number of carbonyl (C=O) groups is 5. The Kier molecular flexibility index (Phi) is 8.91. The van der Waals surface area contributed by atoms with E-state index in [-0.39, 0.29) is 36.5 Å². The van der Waals surface area contributed by atoms with Crippen LogP contribution in [0, 0.1) is 28.6 Å². The van der Waals surface area contributed by atoms with Gasteiger partial charge >= 0.3 is 12.1 Å². The lowest BCUT2D eigenvalue weighted by atomic mass is 9.79. The molecular formula is C24H29ClN4O7. The standard InChI is InChI=1S/C24H29ClN4O7/c25-28-9-8-15(12-28)21(31)16-6-1-2-7-18(16)29(24(35)36)19(30)11-17(26)22(32)20(27)13-4-3-5-14(10-13)23(33)34/h1-2,5,13,15-16,18,26-27H,3-4,6-12H2,(H,33,34)(H,35,36). The van der Waals surface area contributed by atoms with Crippen molar-refractivity contribution in [3.8, 4) is 0 Å². The fourth-order valence-electron chi connectivity index (χ4n) is 5.07. The van der Waals surface area contributed by atoms with Crippen LogP contribution in [0.3, 0.4) is 0 Å².